The highest BCUT2D eigenvalue weighted by Gasteiger charge is 2.15. The molecule has 0 saturated heterocycles. The molecule has 2 heterocycles. The van der Waals surface area contributed by atoms with Gasteiger partial charge in [0.1, 0.15) is 5.69 Å². The molecule has 2 aromatic carbocycles. The average Bonchev–Trinajstić information content (AvgIpc) is 3.22. The largest absolute Gasteiger partial charge is 0.361 e. The lowest BCUT2D eigenvalue weighted by atomic mass is 10.1. The number of aromatic nitrogens is 3. The number of rotatable bonds is 3. The first kappa shape index (κ1) is 15.5. The molecule has 0 fully saturated rings. The molecule has 0 spiro atoms. The van der Waals surface area contributed by atoms with Gasteiger partial charge in [-0.3, -0.25) is 9.48 Å². The van der Waals surface area contributed by atoms with Crippen molar-refractivity contribution in [3.05, 3.63) is 71.5 Å². The first-order valence-corrected chi connectivity index (χ1v) is 8.17. The van der Waals surface area contributed by atoms with Crippen LogP contribution in [0.2, 0.25) is 5.02 Å². The molecule has 0 aliphatic heterocycles. The van der Waals surface area contributed by atoms with Crippen LogP contribution in [0.15, 0.2) is 60.8 Å². The first-order chi connectivity index (χ1) is 12.1. The second-order valence-electron chi connectivity index (χ2n) is 5.74. The molecule has 0 radical (unpaired) electrons. The van der Waals surface area contributed by atoms with Crippen LogP contribution in [-0.4, -0.2) is 20.7 Å². The molecule has 1 amide bonds. The smallest absolute Gasteiger partial charge is 0.273 e. The highest BCUT2D eigenvalue weighted by atomic mass is 35.5. The maximum Gasteiger partial charge on any atom is 0.273 e. The van der Waals surface area contributed by atoms with Crippen molar-refractivity contribution in [1.29, 1.82) is 0 Å². The number of anilines is 1. The summed E-state index contributed by atoms with van der Waals surface area (Å²) < 4.78 is 1.58. The lowest BCUT2D eigenvalue weighted by Gasteiger charge is -2.06. The fraction of sp³-hybridized carbons (Fsp3) is 0.0526. The minimum Gasteiger partial charge on any atom is -0.361 e. The van der Waals surface area contributed by atoms with Crippen LogP contribution in [-0.2, 0) is 7.05 Å². The highest BCUT2D eigenvalue weighted by Crippen LogP contribution is 2.24. The zero-order chi connectivity index (χ0) is 17.4. The lowest BCUT2D eigenvalue weighted by Crippen LogP contribution is -2.16. The van der Waals surface area contributed by atoms with Crippen LogP contribution in [0.5, 0.6) is 0 Å². The number of H-pyrrole nitrogens is 1. The maximum absolute atomic E-state index is 12.7. The normalized spacial score (nSPS) is 11.0. The fourth-order valence-corrected chi connectivity index (χ4v) is 2.95. The Morgan fingerprint density at radius 3 is 2.76 bits per heavy atom. The third-order valence-corrected chi connectivity index (χ3v) is 4.35. The van der Waals surface area contributed by atoms with E-state index in [9.17, 15) is 4.79 Å². The molecule has 4 rings (SSSR count). The third-order valence-electron chi connectivity index (χ3n) is 4.10. The molecule has 0 unspecified atom stereocenters. The number of hydrogen-bond acceptors (Lipinski definition) is 2. The number of aryl methyl sites for hydroxylation is 1. The molecule has 25 heavy (non-hydrogen) atoms. The Morgan fingerprint density at radius 2 is 1.96 bits per heavy atom. The molecule has 0 bridgehead atoms. The molecular weight excluding hydrogens is 336 g/mol. The monoisotopic (exact) mass is 350 g/mol. The third kappa shape index (κ3) is 2.90. The van der Waals surface area contributed by atoms with Crippen molar-refractivity contribution in [2.24, 2.45) is 7.05 Å². The standard InChI is InChI=1S/C19H15ClN4O/c1-24-18(11-17(23-24)12-5-7-13(20)8-6-12)19(25)22-16-4-2-3-15-14(16)9-10-21-15/h2-11,21H,1H3,(H,22,25). The second-order valence-corrected chi connectivity index (χ2v) is 6.18. The minimum absolute atomic E-state index is 0.205. The number of fused-ring (bicyclic) bond motifs is 1. The number of benzene rings is 2. The topological polar surface area (TPSA) is 62.7 Å². The van der Waals surface area contributed by atoms with E-state index in [2.05, 4.69) is 15.4 Å². The van der Waals surface area contributed by atoms with Gasteiger partial charge in [0.2, 0.25) is 0 Å². The van der Waals surface area contributed by atoms with Gasteiger partial charge in [0, 0.05) is 34.7 Å². The Kier molecular flexibility index (Phi) is 3.78. The zero-order valence-electron chi connectivity index (χ0n) is 13.5. The van der Waals surface area contributed by atoms with E-state index in [1.165, 1.54) is 0 Å². The van der Waals surface area contributed by atoms with E-state index in [4.69, 9.17) is 11.6 Å². The Bertz CT molecular complexity index is 1060. The molecule has 6 heteroatoms. The predicted octanol–water partition coefficient (Wildman–Crippen LogP) is 4.47. The molecule has 4 aromatic rings. The molecule has 2 aromatic heterocycles. The molecule has 0 saturated carbocycles. The number of halogens is 1. The molecular formula is C19H15ClN4O. The molecule has 0 aliphatic carbocycles. The Hall–Kier alpha value is -3.05. The Morgan fingerprint density at radius 1 is 1.16 bits per heavy atom. The molecule has 0 atom stereocenters. The predicted molar refractivity (Wildman–Crippen MR) is 99.9 cm³/mol. The van der Waals surface area contributed by atoms with Crippen molar-refractivity contribution in [2.45, 2.75) is 0 Å². The van der Waals surface area contributed by atoms with Crippen molar-refractivity contribution in [3.63, 3.8) is 0 Å². The van der Waals surface area contributed by atoms with E-state index < -0.39 is 0 Å². The van der Waals surface area contributed by atoms with Crippen LogP contribution in [0.3, 0.4) is 0 Å². The van der Waals surface area contributed by atoms with E-state index >= 15 is 0 Å². The van der Waals surface area contributed by atoms with Gasteiger partial charge in [0.05, 0.1) is 11.4 Å². The van der Waals surface area contributed by atoms with Gasteiger partial charge >= 0.3 is 0 Å². The SMILES string of the molecule is Cn1nc(-c2ccc(Cl)cc2)cc1C(=O)Nc1cccc2[nH]ccc12. The number of carbonyl (C=O) groups excluding carboxylic acids is 1. The molecule has 124 valence electrons. The molecule has 5 nitrogen and oxygen atoms in total. The molecule has 2 N–H and O–H groups in total. The van der Waals surface area contributed by atoms with Crippen molar-refractivity contribution in [3.8, 4) is 11.3 Å². The van der Waals surface area contributed by atoms with Gasteiger partial charge in [0.15, 0.2) is 0 Å². The van der Waals surface area contributed by atoms with Crippen molar-refractivity contribution >= 4 is 34.1 Å². The Labute approximate surface area is 149 Å². The van der Waals surface area contributed by atoms with E-state index in [1.54, 1.807) is 29.9 Å². The van der Waals surface area contributed by atoms with Gasteiger partial charge in [-0.15, -0.1) is 0 Å². The van der Waals surface area contributed by atoms with Crippen LogP contribution in [0.4, 0.5) is 5.69 Å². The minimum atomic E-state index is -0.205. The zero-order valence-corrected chi connectivity index (χ0v) is 14.2. The van der Waals surface area contributed by atoms with E-state index in [-0.39, 0.29) is 5.91 Å². The summed E-state index contributed by atoms with van der Waals surface area (Å²) >= 11 is 5.92. The summed E-state index contributed by atoms with van der Waals surface area (Å²) in [6.07, 6.45) is 1.85. The summed E-state index contributed by atoms with van der Waals surface area (Å²) in [4.78, 5) is 15.8. The Balaban J connectivity index is 1.64. The van der Waals surface area contributed by atoms with Crippen molar-refractivity contribution in [1.82, 2.24) is 14.8 Å². The van der Waals surface area contributed by atoms with Gasteiger partial charge < -0.3 is 10.3 Å². The number of nitrogens with zero attached hydrogens (tertiary/aromatic N) is 2. The highest BCUT2D eigenvalue weighted by molar-refractivity contribution is 6.30. The second kappa shape index (κ2) is 6.11. The van der Waals surface area contributed by atoms with Crippen LogP contribution >= 0.6 is 11.6 Å². The van der Waals surface area contributed by atoms with Crippen LogP contribution in [0.25, 0.3) is 22.2 Å². The number of aromatic amines is 1. The van der Waals surface area contributed by atoms with Gasteiger partial charge in [-0.25, -0.2) is 0 Å². The number of carbonyl (C=O) groups is 1. The lowest BCUT2D eigenvalue weighted by molar-refractivity contribution is 0.101. The fourth-order valence-electron chi connectivity index (χ4n) is 2.82. The average molecular weight is 351 g/mol. The summed E-state index contributed by atoms with van der Waals surface area (Å²) in [6.45, 7) is 0. The summed E-state index contributed by atoms with van der Waals surface area (Å²) in [5, 5.41) is 9.03. The summed E-state index contributed by atoms with van der Waals surface area (Å²) in [7, 11) is 1.76. The van der Waals surface area contributed by atoms with Gasteiger partial charge in [0.25, 0.3) is 5.91 Å². The van der Waals surface area contributed by atoms with Gasteiger partial charge in [-0.2, -0.15) is 5.10 Å². The van der Waals surface area contributed by atoms with Gasteiger partial charge in [-0.1, -0.05) is 29.8 Å². The maximum atomic E-state index is 12.7. The first-order valence-electron chi connectivity index (χ1n) is 7.79. The van der Waals surface area contributed by atoms with Crippen LogP contribution in [0, 0.1) is 0 Å². The van der Waals surface area contributed by atoms with Crippen molar-refractivity contribution in [2.75, 3.05) is 5.32 Å². The van der Waals surface area contributed by atoms with E-state index in [0.29, 0.717) is 10.7 Å². The van der Waals surface area contributed by atoms with Gasteiger partial charge in [-0.05, 0) is 36.4 Å². The van der Waals surface area contributed by atoms with Crippen LogP contribution in [0.1, 0.15) is 10.5 Å². The summed E-state index contributed by atoms with van der Waals surface area (Å²) in [5.74, 6) is -0.205. The quantitative estimate of drug-likeness (QED) is 0.572. The number of hydrogen-bond donors (Lipinski definition) is 2. The number of amides is 1. The van der Waals surface area contributed by atoms with Crippen LogP contribution < -0.4 is 5.32 Å². The molecule has 0 aliphatic rings. The summed E-state index contributed by atoms with van der Waals surface area (Å²) in [6, 6.07) is 16.8. The van der Waals surface area contributed by atoms with Crippen molar-refractivity contribution < 1.29 is 4.79 Å². The van der Waals surface area contributed by atoms with E-state index in [0.717, 1.165) is 27.8 Å². The summed E-state index contributed by atoms with van der Waals surface area (Å²) in [5.41, 5.74) is 3.86. The van der Waals surface area contributed by atoms with E-state index in [1.807, 2.05) is 42.6 Å². The number of nitrogens with one attached hydrogen (secondary N) is 2.